The van der Waals surface area contributed by atoms with Crippen molar-refractivity contribution in [1.82, 2.24) is 4.57 Å². The molecular weight excluding hydrogens is 494 g/mol. The maximum Gasteiger partial charge on any atom is 0.308 e. The van der Waals surface area contributed by atoms with Gasteiger partial charge in [0.05, 0.1) is 20.8 Å². The van der Waals surface area contributed by atoms with Gasteiger partial charge in [0.25, 0.3) is 10.0 Å². The number of benzene rings is 3. The summed E-state index contributed by atoms with van der Waals surface area (Å²) in [4.78, 5) is 25.2. The van der Waals surface area contributed by atoms with E-state index >= 15 is 0 Å². The third kappa shape index (κ3) is 4.86. The number of carbonyl (C=O) groups is 1. The van der Waals surface area contributed by atoms with E-state index in [9.17, 15) is 18.0 Å². The summed E-state index contributed by atoms with van der Waals surface area (Å²) < 4.78 is 30.2. The Morgan fingerprint density at radius 3 is 2.47 bits per heavy atom. The lowest BCUT2D eigenvalue weighted by molar-refractivity contribution is -0.114. The molecule has 0 aliphatic rings. The number of rotatable bonds is 7. The molecule has 0 saturated heterocycles. The number of sulfonamides is 1. The zero-order valence-electron chi connectivity index (χ0n) is 18.4. The van der Waals surface area contributed by atoms with Crippen molar-refractivity contribution < 1.29 is 13.2 Å². The number of carbonyl (C=O) groups excluding carboxylic acids is 1. The summed E-state index contributed by atoms with van der Waals surface area (Å²) in [6.07, 6.45) is 0. The van der Waals surface area contributed by atoms with Crippen LogP contribution in [0.15, 0.2) is 82.5 Å². The molecule has 0 spiro atoms. The monoisotopic (exact) mass is 515 g/mol. The molecule has 0 aliphatic heterocycles. The average Bonchev–Trinajstić information content (AvgIpc) is 3.13. The van der Waals surface area contributed by atoms with E-state index in [1.807, 2.05) is 13.8 Å². The van der Waals surface area contributed by atoms with Crippen molar-refractivity contribution in [2.24, 2.45) is 0 Å². The highest BCUT2D eigenvalue weighted by atomic mass is 35.5. The minimum absolute atomic E-state index is 0.0103. The van der Waals surface area contributed by atoms with Gasteiger partial charge in [0.15, 0.2) is 0 Å². The maximum absolute atomic E-state index is 13.4. The van der Waals surface area contributed by atoms with Crippen LogP contribution in [0, 0.1) is 0 Å². The highest BCUT2D eigenvalue weighted by molar-refractivity contribution is 7.92. The molecule has 1 heterocycles. The van der Waals surface area contributed by atoms with Gasteiger partial charge in [-0.25, -0.2) is 8.42 Å². The SMILES string of the molecule is CC(C)n1c(=O)sc2cc(NC(=O)CN(c3cccc(Cl)c3)S(=O)(=O)c3ccccc3)ccc21. The number of fused-ring (bicyclic) bond motifs is 1. The van der Waals surface area contributed by atoms with Crippen molar-refractivity contribution in [2.45, 2.75) is 24.8 Å². The summed E-state index contributed by atoms with van der Waals surface area (Å²) in [6.45, 7) is 3.40. The van der Waals surface area contributed by atoms with Crippen molar-refractivity contribution in [3.8, 4) is 0 Å². The van der Waals surface area contributed by atoms with Gasteiger partial charge in [0.2, 0.25) is 5.91 Å². The summed E-state index contributed by atoms with van der Waals surface area (Å²) in [6, 6.07) is 19.4. The predicted molar refractivity (Wildman–Crippen MR) is 138 cm³/mol. The van der Waals surface area contributed by atoms with E-state index < -0.39 is 22.5 Å². The van der Waals surface area contributed by atoms with Crippen LogP contribution in [0.4, 0.5) is 11.4 Å². The van der Waals surface area contributed by atoms with Crippen LogP contribution in [0.2, 0.25) is 5.02 Å². The van der Waals surface area contributed by atoms with Gasteiger partial charge < -0.3 is 5.32 Å². The van der Waals surface area contributed by atoms with Crippen LogP contribution < -0.4 is 14.5 Å². The fraction of sp³-hybridized carbons (Fsp3) is 0.167. The summed E-state index contributed by atoms with van der Waals surface area (Å²) in [5.74, 6) is -0.533. The van der Waals surface area contributed by atoms with Gasteiger partial charge in [0.1, 0.15) is 6.54 Å². The van der Waals surface area contributed by atoms with Crippen LogP contribution in [0.5, 0.6) is 0 Å². The summed E-state index contributed by atoms with van der Waals surface area (Å²) >= 11 is 7.19. The lowest BCUT2D eigenvalue weighted by Gasteiger charge is -2.24. The molecule has 3 aromatic carbocycles. The van der Waals surface area contributed by atoms with E-state index in [0.29, 0.717) is 10.7 Å². The lowest BCUT2D eigenvalue weighted by Crippen LogP contribution is -2.38. The van der Waals surface area contributed by atoms with E-state index in [-0.39, 0.29) is 21.5 Å². The number of nitrogens with one attached hydrogen (secondary N) is 1. The topological polar surface area (TPSA) is 88.5 Å². The largest absolute Gasteiger partial charge is 0.324 e. The van der Waals surface area contributed by atoms with Crippen molar-refractivity contribution in [3.63, 3.8) is 0 Å². The van der Waals surface area contributed by atoms with Crippen LogP contribution in [-0.2, 0) is 14.8 Å². The molecule has 4 aromatic rings. The second kappa shape index (κ2) is 9.61. The summed E-state index contributed by atoms with van der Waals surface area (Å²) in [7, 11) is -4.03. The first kappa shape index (κ1) is 24.0. The molecule has 4 rings (SSSR count). The third-order valence-electron chi connectivity index (χ3n) is 5.13. The highest BCUT2D eigenvalue weighted by Crippen LogP contribution is 2.27. The number of aromatic nitrogens is 1. The Morgan fingerprint density at radius 1 is 1.06 bits per heavy atom. The van der Waals surface area contributed by atoms with Crippen molar-refractivity contribution >= 4 is 60.5 Å². The molecule has 0 unspecified atom stereocenters. The third-order valence-corrected chi connectivity index (χ3v) is 8.07. The molecule has 0 fully saturated rings. The summed E-state index contributed by atoms with van der Waals surface area (Å²) in [5.41, 5.74) is 1.53. The Kier molecular flexibility index (Phi) is 6.79. The molecule has 0 bridgehead atoms. The number of anilines is 2. The van der Waals surface area contributed by atoms with Crippen LogP contribution in [-0.4, -0.2) is 25.4 Å². The Morgan fingerprint density at radius 2 is 1.79 bits per heavy atom. The molecule has 1 N–H and O–H groups in total. The smallest absolute Gasteiger partial charge is 0.308 e. The quantitative estimate of drug-likeness (QED) is 0.369. The molecule has 0 saturated carbocycles. The first-order valence-electron chi connectivity index (χ1n) is 10.4. The predicted octanol–water partition coefficient (Wildman–Crippen LogP) is 5.13. The highest BCUT2D eigenvalue weighted by Gasteiger charge is 2.27. The minimum Gasteiger partial charge on any atom is -0.324 e. The molecule has 7 nitrogen and oxygen atoms in total. The number of nitrogens with zero attached hydrogens (tertiary/aromatic N) is 2. The number of thiazole rings is 1. The second-order valence-electron chi connectivity index (χ2n) is 7.87. The molecule has 0 atom stereocenters. The average molecular weight is 516 g/mol. The lowest BCUT2D eigenvalue weighted by atomic mass is 10.2. The second-order valence-corrected chi connectivity index (χ2v) is 11.2. The van der Waals surface area contributed by atoms with Gasteiger partial charge in [-0.3, -0.25) is 18.5 Å². The van der Waals surface area contributed by atoms with Crippen molar-refractivity contribution in [3.05, 3.63) is 87.5 Å². The normalized spacial score (nSPS) is 11.6. The van der Waals surface area contributed by atoms with Gasteiger partial charge in [-0.05, 0) is 62.4 Å². The minimum atomic E-state index is -4.03. The number of hydrogen-bond donors (Lipinski definition) is 1. The molecule has 1 amide bonds. The Labute approximate surface area is 206 Å². The van der Waals surface area contributed by atoms with E-state index in [1.54, 1.807) is 59.2 Å². The Balaban J connectivity index is 1.64. The fourth-order valence-corrected chi connectivity index (χ4v) is 6.27. The van der Waals surface area contributed by atoms with E-state index in [1.165, 1.54) is 18.2 Å². The first-order valence-corrected chi connectivity index (χ1v) is 13.1. The number of amides is 1. The van der Waals surface area contributed by atoms with Crippen LogP contribution >= 0.6 is 22.9 Å². The Hall–Kier alpha value is -3.14. The van der Waals surface area contributed by atoms with Gasteiger partial charge >= 0.3 is 4.87 Å². The molecule has 176 valence electrons. The zero-order chi connectivity index (χ0) is 24.5. The van der Waals surface area contributed by atoms with E-state index in [4.69, 9.17) is 11.6 Å². The number of halogens is 1. The molecular formula is C24H22ClN3O4S2. The van der Waals surface area contributed by atoms with Gasteiger partial charge in [0, 0.05) is 16.8 Å². The maximum atomic E-state index is 13.4. The molecule has 0 aliphatic carbocycles. The van der Waals surface area contributed by atoms with Crippen molar-refractivity contribution in [1.29, 1.82) is 0 Å². The van der Waals surface area contributed by atoms with Gasteiger partial charge in [-0.1, -0.05) is 47.2 Å². The van der Waals surface area contributed by atoms with E-state index in [0.717, 1.165) is 25.9 Å². The molecule has 1 aromatic heterocycles. The molecule has 0 radical (unpaired) electrons. The zero-order valence-corrected chi connectivity index (χ0v) is 20.8. The molecule has 34 heavy (non-hydrogen) atoms. The van der Waals surface area contributed by atoms with Crippen LogP contribution in [0.25, 0.3) is 10.2 Å². The van der Waals surface area contributed by atoms with Gasteiger partial charge in [-0.15, -0.1) is 0 Å². The first-order chi connectivity index (χ1) is 16.2. The number of hydrogen-bond acceptors (Lipinski definition) is 5. The summed E-state index contributed by atoms with van der Waals surface area (Å²) in [5, 5.41) is 3.10. The Bertz CT molecular complexity index is 1510. The standard InChI is InChI=1S/C24H22ClN3O4S2/c1-16(2)28-21-12-11-18(14-22(21)33-24(28)30)26-23(29)15-27(19-8-6-7-17(25)13-19)34(31,32)20-9-4-3-5-10-20/h3-14,16H,15H2,1-2H3,(H,26,29). The van der Waals surface area contributed by atoms with Crippen LogP contribution in [0.3, 0.4) is 0 Å². The van der Waals surface area contributed by atoms with Crippen molar-refractivity contribution in [2.75, 3.05) is 16.2 Å². The fourth-order valence-electron chi connectivity index (χ4n) is 3.60. The van der Waals surface area contributed by atoms with Gasteiger partial charge in [-0.2, -0.15) is 0 Å². The van der Waals surface area contributed by atoms with E-state index in [2.05, 4.69) is 5.32 Å². The van der Waals surface area contributed by atoms with Crippen LogP contribution in [0.1, 0.15) is 19.9 Å². The molecule has 10 heteroatoms.